The summed E-state index contributed by atoms with van der Waals surface area (Å²) in [5, 5.41) is 3.53. The molecule has 1 heterocycles. The topological polar surface area (TPSA) is 47.0 Å². The van der Waals surface area contributed by atoms with E-state index in [4.69, 9.17) is 0 Å². The first-order chi connectivity index (χ1) is 9.85. The molecule has 8 heteroatoms. The molecule has 0 bridgehead atoms. The van der Waals surface area contributed by atoms with Crippen LogP contribution in [-0.2, 0) is 6.54 Å². The van der Waals surface area contributed by atoms with Gasteiger partial charge in [-0.15, -0.1) is 13.2 Å². The van der Waals surface area contributed by atoms with E-state index in [0.29, 0.717) is 16.5 Å². The van der Waals surface area contributed by atoms with Gasteiger partial charge in [-0.2, -0.15) is 4.37 Å². The van der Waals surface area contributed by atoms with Crippen molar-refractivity contribution in [2.45, 2.75) is 32.7 Å². The molecule has 0 saturated carbocycles. The maximum Gasteiger partial charge on any atom is 0.573 e. The first-order valence-corrected chi connectivity index (χ1v) is 7.03. The van der Waals surface area contributed by atoms with E-state index in [1.54, 1.807) is 12.1 Å². The van der Waals surface area contributed by atoms with Crippen molar-refractivity contribution < 1.29 is 17.9 Å². The first-order valence-electron chi connectivity index (χ1n) is 6.26. The Morgan fingerprint density at radius 2 is 2.00 bits per heavy atom. The molecular formula is C13H14F3N3OS. The Kier molecular flexibility index (Phi) is 4.66. The van der Waals surface area contributed by atoms with Gasteiger partial charge >= 0.3 is 6.36 Å². The largest absolute Gasteiger partial charge is 0.573 e. The van der Waals surface area contributed by atoms with E-state index in [2.05, 4.69) is 19.4 Å². The summed E-state index contributed by atoms with van der Waals surface area (Å²) in [6.07, 6.45) is -4.70. The summed E-state index contributed by atoms with van der Waals surface area (Å²) in [4.78, 5) is 4.26. The van der Waals surface area contributed by atoms with Crippen molar-refractivity contribution in [2.24, 2.45) is 0 Å². The van der Waals surface area contributed by atoms with E-state index < -0.39 is 6.36 Å². The Balaban J connectivity index is 2.05. The summed E-state index contributed by atoms with van der Waals surface area (Å²) in [7, 11) is 0. The Morgan fingerprint density at radius 3 is 2.62 bits per heavy atom. The summed E-state index contributed by atoms with van der Waals surface area (Å²) in [6.45, 7) is 4.12. The van der Waals surface area contributed by atoms with Gasteiger partial charge in [-0.05, 0) is 6.07 Å². The van der Waals surface area contributed by atoms with Gasteiger partial charge in [-0.25, -0.2) is 4.98 Å². The maximum atomic E-state index is 12.3. The average Bonchev–Trinajstić information content (AvgIpc) is 2.85. The fraction of sp³-hybridized carbons (Fsp3) is 0.385. The van der Waals surface area contributed by atoms with Crippen molar-refractivity contribution in [2.75, 3.05) is 5.32 Å². The van der Waals surface area contributed by atoms with Gasteiger partial charge in [0.15, 0.2) is 0 Å². The molecule has 0 aliphatic heterocycles. The zero-order valence-corrected chi connectivity index (χ0v) is 12.3. The molecule has 4 nitrogen and oxygen atoms in total. The molecule has 2 aromatic rings. The van der Waals surface area contributed by atoms with Gasteiger partial charge in [0.1, 0.15) is 11.6 Å². The lowest BCUT2D eigenvalue weighted by molar-refractivity contribution is -0.274. The molecule has 2 rings (SSSR count). The average molecular weight is 317 g/mol. The predicted octanol–water partition coefficient (Wildman–Crippen LogP) is 4.17. The SMILES string of the molecule is CC(C)c1nsc(NCc2ccccc2OC(F)(F)F)n1. The highest BCUT2D eigenvalue weighted by Gasteiger charge is 2.31. The Hall–Kier alpha value is -1.83. The van der Waals surface area contributed by atoms with Gasteiger partial charge in [0, 0.05) is 29.6 Å². The van der Waals surface area contributed by atoms with Gasteiger partial charge in [0.05, 0.1) is 0 Å². The molecule has 0 aliphatic carbocycles. The lowest BCUT2D eigenvalue weighted by Gasteiger charge is -2.13. The fourth-order valence-corrected chi connectivity index (χ4v) is 2.29. The Labute approximate surface area is 124 Å². The molecule has 0 aliphatic rings. The number of nitrogens with zero attached hydrogens (tertiary/aromatic N) is 2. The van der Waals surface area contributed by atoms with E-state index in [0.717, 1.165) is 0 Å². The summed E-state index contributed by atoms with van der Waals surface area (Å²) in [5.74, 6) is 0.700. The van der Waals surface area contributed by atoms with E-state index in [1.807, 2.05) is 13.8 Å². The van der Waals surface area contributed by atoms with Gasteiger partial charge in [-0.1, -0.05) is 32.0 Å². The minimum atomic E-state index is -4.70. The third kappa shape index (κ3) is 4.59. The van der Waals surface area contributed by atoms with Crippen LogP contribution in [0, 0.1) is 0 Å². The number of hydrogen-bond acceptors (Lipinski definition) is 5. The zero-order chi connectivity index (χ0) is 15.5. The molecule has 0 radical (unpaired) electrons. The van der Waals surface area contributed by atoms with Gasteiger partial charge in [0.2, 0.25) is 5.13 Å². The second-order valence-electron chi connectivity index (χ2n) is 4.62. The normalized spacial score (nSPS) is 11.7. The maximum absolute atomic E-state index is 12.3. The number of para-hydroxylation sites is 1. The molecule has 1 aromatic heterocycles. The van der Waals surface area contributed by atoms with Crippen LogP contribution in [-0.4, -0.2) is 15.7 Å². The van der Waals surface area contributed by atoms with E-state index >= 15 is 0 Å². The summed E-state index contributed by atoms with van der Waals surface area (Å²) in [5.41, 5.74) is 0.399. The highest BCUT2D eigenvalue weighted by Crippen LogP contribution is 2.27. The second-order valence-corrected chi connectivity index (χ2v) is 5.37. The smallest absolute Gasteiger partial charge is 0.405 e. The lowest BCUT2D eigenvalue weighted by atomic mass is 10.2. The van der Waals surface area contributed by atoms with Crippen LogP contribution < -0.4 is 10.1 Å². The van der Waals surface area contributed by atoms with Crippen molar-refractivity contribution in [3.8, 4) is 5.75 Å². The summed E-state index contributed by atoms with van der Waals surface area (Å²) >= 11 is 1.18. The number of aromatic nitrogens is 2. The molecule has 114 valence electrons. The number of nitrogens with one attached hydrogen (secondary N) is 1. The lowest BCUT2D eigenvalue weighted by Crippen LogP contribution is -2.18. The van der Waals surface area contributed by atoms with E-state index in [1.165, 1.54) is 23.7 Å². The van der Waals surface area contributed by atoms with Crippen LogP contribution in [0.5, 0.6) is 5.75 Å². The summed E-state index contributed by atoms with van der Waals surface area (Å²) in [6, 6.07) is 5.99. The predicted molar refractivity (Wildman–Crippen MR) is 74.4 cm³/mol. The van der Waals surface area contributed by atoms with Crippen LogP contribution in [0.25, 0.3) is 0 Å². The number of alkyl halides is 3. The van der Waals surface area contributed by atoms with Gasteiger partial charge in [-0.3, -0.25) is 0 Å². The molecule has 1 aromatic carbocycles. The number of benzene rings is 1. The highest BCUT2D eigenvalue weighted by molar-refractivity contribution is 7.09. The second kappa shape index (κ2) is 6.30. The molecule has 0 spiro atoms. The van der Waals surface area contributed by atoms with Crippen LogP contribution in [0.1, 0.15) is 31.2 Å². The first kappa shape index (κ1) is 15.6. The number of rotatable bonds is 5. The van der Waals surface area contributed by atoms with Crippen molar-refractivity contribution in [3.05, 3.63) is 35.7 Å². The van der Waals surface area contributed by atoms with Crippen molar-refractivity contribution >= 4 is 16.7 Å². The molecule has 1 N–H and O–H groups in total. The van der Waals surface area contributed by atoms with Crippen LogP contribution in [0.2, 0.25) is 0 Å². The number of hydrogen-bond donors (Lipinski definition) is 1. The van der Waals surface area contributed by atoms with Crippen molar-refractivity contribution in [3.63, 3.8) is 0 Å². The van der Waals surface area contributed by atoms with Crippen LogP contribution >= 0.6 is 11.5 Å². The molecular weight excluding hydrogens is 303 g/mol. The summed E-state index contributed by atoms with van der Waals surface area (Å²) < 4.78 is 45.1. The van der Waals surface area contributed by atoms with Crippen LogP contribution in [0.4, 0.5) is 18.3 Å². The third-order valence-corrected chi connectivity index (χ3v) is 3.27. The molecule has 21 heavy (non-hydrogen) atoms. The van der Waals surface area contributed by atoms with Gasteiger partial charge < -0.3 is 10.1 Å². The van der Waals surface area contributed by atoms with E-state index in [9.17, 15) is 13.2 Å². The number of halogens is 3. The van der Waals surface area contributed by atoms with Crippen molar-refractivity contribution in [1.29, 1.82) is 0 Å². The fourth-order valence-electron chi connectivity index (χ4n) is 1.59. The number of anilines is 1. The molecule has 0 atom stereocenters. The molecule has 0 saturated heterocycles. The molecule has 0 unspecified atom stereocenters. The van der Waals surface area contributed by atoms with Crippen LogP contribution in [0.3, 0.4) is 0 Å². The standard InChI is InChI=1S/C13H14F3N3OS/c1-8(2)11-18-12(21-19-11)17-7-9-5-3-4-6-10(9)20-13(14,15)16/h3-6,8H,7H2,1-2H3,(H,17,18,19). The van der Waals surface area contributed by atoms with Crippen molar-refractivity contribution in [1.82, 2.24) is 9.36 Å². The Morgan fingerprint density at radius 1 is 1.29 bits per heavy atom. The third-order valence-electron chi connectivity index (χ3n) is 2.59. The van der Waals surface area contributed by atoms with E-state index in [-0.39, 0.29) is 18.2 Å². The van der Waals surface area contributed by atoms with Gasteiger partial charge in [0.25, 0.3) is 0 Å². The minimum absolute atomic E-state index is 0.180. The molecule has 0 amide bonds. The zero-order valence-electron chi connectivity index (χ0n) is 11.4. The quantitative estimate of drug-likeness (QED) is 0.899. The highest BCUT2D eigenvalue weighted by atomic mass is 32.1. The number of ether oxygens (including phenoxy) is 1. The molecule has 0 fully saturated rings. The Bertz CT molecular complexity index is 598. The monoisotopic (exact) mass is 317 g/mol. The minimum Gasteiger partial charge on any atom is -0.405 e. The van der Waals surface area contributed by atoms with Crippen LogP contribution in [0.15, 0.2) is 24.3 Å².